The van der Waals surface area contributed by atoms with E-state index in [4.69, 9.17) is 18.9 Å². The van der Waals surface area contributed by atoms with Gasteiger partial charge in [0.05, 0.1) is 14.2 Å². The second-order valence-corrected chi connectivity index (χ2v) is 8.72. The highest BCUT2D eigenvalue weighted by molar-refractivity contribution is 9.10. The summed E-state index contributed by atoms with van der Waals surface area (Å²) in [6.07, 6.45) is -0.109. The molecule has 6 nitrogen and oxygen atoms in total. The van der Waals surface area contributed by atoms with Crippen molar-refractivity contribution in [3.8, 4) is 11.5 Å². The van der Waals surface area contributed by atoms with Gasteiger partial charge in [0.2, 0.25) is 0 Å². The molecule has 0 radical (unpaired) electrons. The molecule has 2 aliphatic rings. The van der Waals surface area contributed by atoms with Gasteiger partial charge in [0.25, 0.3) is 0 Å². The Morgan fingerprint density at radius 3 is 1.37 bits per heavy atom. The molecule has 160 valence electrons. The number of carbonyl (C=O) groups excluding carboxylic acids is 2. The predicted molar refractivity (Wildman–Crippen MR) is 118 cm³/mol. The lowest BCUT2D eigenvalue weighted by Crippen LogP contribution is -2.40. The van der Waals surface area contributed by atoms with Crippen LogP contribution in [0.3, 0.4) is 0 Å². The third kappa shape index (κ3) is 4.49. The van der Waals surface area contributed by atoms with E-state index >= 15 is 0 Å². The average Bonchev–Trinajstić information content (AvgIpc) is 2.71. The highest BCUT2D eigenvalue weighted by Gasteiger charge is 2.42. The van der Waals surface area contributed by atoms with E-state index in [2.05, 4.69) is 31.9 Å². The van der Waals surface area contributed by atoms with Crippen LogP contribution in [0.5, 0.6) is 11.5 Å². The molecule has 30 heavy (non-hydrogen) atoms. The van der Waals surface area contributed by atoms with E-state index in [9.17, 15) is 9.59 Å². The number of ether oxygens (including phenoxy) is 4. The van der Waals surface area contributed by atoms with Crippen LogP contribution in [0.2, 0.25) is 0 Å². The molecule has 0 spiro atoms. The van der Waals surface area contributed by atoms with E-state index in [1.807, 2.05) is 50.2 Å². The Bertz CT molecular complexity index is 883. The molecular formula is C22H22Br2O6. The molecule has 2 aromatic carbocycles. The van der Waals surface area contributed by atoms with Crippen LogP contribution in [0.25, 0.3) is 0 Å². The van der Waals surface area contributed by atoms with Crippen molar-refractivity contribution in [3.05, 3.63) is 56.5 Å². The van der Waals surface area contributed by atoms with Crippen molar-refractivity contribution in [1.82, 2.24) is 0 Å². The number of hydrogen-bond acceptors (Lipinski definition) is 6. The molecule has 4 rings (SSSR count). The van der Waals surface area contributed by atoms with Gasteiger partial charge in [0, 0.05) is 8.95 Å². The van der Waals surface area contributed by atoms with Crippen LogP contribution >= 0.6 is 31.9 Å². The number of cyclic esters (lactones) is 2. The second kappa shape index (κ2) is 9.39. The summed E-state index contributed by atoms with van der Waals surface area (Å²) in [5, 5.41) is 0. The topological polar surface area (TPSA) is 71.1 Å². The molecule has 2 aliphatic heterocycles. The highest BCUT2D eigenvalue weighted by Crippen LogP contribution is 2.39. The minimum atomic E-state index is -0.172. The van der Waals surface area contributed by atoms with Gasteiger partial charge in [-0.3, -0.25) is 9.59 Å². The van der Waals surface area contributed by atoms with Crippen LogP contribution in [0.1, 0.15) is 36.8 Å². The average molecular weight is 542 g/mol. The third-order valence-electron chi connectivity index (χ3n) is 5.13. The van der Waals surface area contributed by atoms with Gasteiger partial charge in [-0.05, 0) is 61.4 Å². The molecule has 4 atom stereocenters. The maximum Gasteiger partial charge on any atom is 0.317 e. The zero-order valence-electron chi connectivity index (χ0n) is 17.0. The van der Waals surface area contributed by atoms with E-state index in [1.54, 1.807) is 14.2 Å². The van der Waals surface area contributed by atoms with Crippen molar-refractivity contribution in [3.63, 3.8) is 0 Å². The molecule has 0 aromatic heterocycles. The Morgan fingerprint density at radius 2 is 1.10 bits per heavy atom. The zero-order chi connectivity index (χ0) is 22.0. The Hall–Kier alpha value is -2.06. The summed E-state index contributed by atoms with van der Waals surface area (Å²) < 4.78 is 21.9. The largest absolute Gasteiger partial charge is 0.497 e. The van der Waals surface area contributed by atoms with Crippen LogP contribution in [-0.4, -0.2) is 38.4 Å². The first-order valence-electron chi connectivity index (χ1n) is 9.34. The van der Waals surface area contributed by atoms with Crippen LogP contribution in [0.15, 0.2) is 45.3 Å². The van der Waals surface area contributed by atoms with Gasteiger partial charge in [0.1, 0.15) is 35.5 Å². The molecule has 8 heteroatoms. The maximum atomic E-state index is 11.3. The molecule has 0 N–H and O–H groups in total. The minimum absolute atomic E-state index is 0.0547. The van der Waals surface area contributed by atoms with Crippen LogP contribution in [0, 0.1) is 0 Å². The lowest BCUT2D eigenvalue weighted by molar-refractivity contribution is -0.173. The highest BCUT2D eigenvalue weighted by atomic mass is 79.9. The van der Waals surface area contributed by atoms with E-state index in [-0.39, 0.29) is 36.0 Å². The normalized spacial score (nSPS) is 24.3. The van der Waals surface area contributed by atoms with Gasteiger partial charge in [-0.25, -0.2) is 0 Å². The van der Waals surface area contributed by atoms with Crippen molar-refractivity contribution in [2.24, 2.45) is 0 Å². The number of halogens is 2. The SMILES string of the molecule is COc1ccc(Br)c([C@H]2C(=O)O[C@@H]2C)c1.COc1ccc(Br)c([C@H]2C(=O)O[C@@H]2C)c1. The van der Waals surface area contributed by atoms with Gasteiger partial charge in [-0.1, -0.05) is 31.9 Å². The van der Waals surface area contributed by atoms with Crippen LogP contribution in [0.4, 0.5) is 0 Å². The van der Waals surface area contributed by atoms with Gasteiger partial charge >= 0.3 is 11.9 Å². The van der Waals surface area contributed by atoms with Crippen molar-refractivity contribution < 1.29 is 28.5 Å². The van der Waals surface area contributed by atoms with E-state index in [0.29, 0.717) is 0 Å². The molecule has 2 fully saturated rings. The number of benzene rings is 2. The van der Waals surface area contributed by atoms with E-state index in [1.165, 1.54) is 0 Å². The smallest absolute Gasteiger partial charge is 0.317 e. The lowest BCUT2D eigenvalue weighted by atomic mass is 9.90. The molecule has 0 aliphatic carbocycles. The van der Waals surface area contributed by atoms with Gasteiger partial charge < -0.3 is 18.9 Å². The Kier molecular flexibility index (Phi) is 7.08. The number of esters is 2. The first-order valence-corrected chi connectivity index (χ1v) is 10.9. The maximum absolute atomic E-state index is 11.3. The summed E-state index contributed by atoms with van der Waals surface area (Å²) in [6.45, 7) is 3.77. The summed E-state index contributed by atoms with van der Waals surface area (Å²) in [4.78, 5) is 22.6. The van der Waals surface area contributed by atoms with Crippen molar-refractivity contribution in [2.45, 2.75) is 37.9 Å². The summed E-state index contributed by atoms with van der Waals surface area (Å²) in [5.41, 5.74) is 1.86. The zero-order valence-corrected chi connectivity index (χ0v) is 20.2. The standard InChI is InChI=1S/2C11H11BrO3/c2*1-6-10(11(13)15-6)8-5-7(14-2)3-4-9(8)12/h2*3-6,10H,1-2H3/t2*6-,10+/m11/s1. The number of methoxy groups -OCH3 is 2. The minimum Gasteiger partial charge on any atom is -0.497 e. The van der Waals surface area contributed by atoms with Crippen LogP contribution in [-0.2, 0) is 19.1 Å². The van der Waals surface area contributed by atoms with Crippen molar-refractivity contribution in [1.29, 1.82) is 0 Å². The molecular weight excluding hydrogens is 520 g/mol. The summed E-state index contributed by atoms with van der Waals surface area (Å²) in [7, 11) is 3.21. The van der Waals surface area contributed by atoms with Crippen molar-refractivity contribution >= 4 is 43.8 Å². The van der Waals surface area contributed by atoms with Gasteiger partial charge in [0.15, 0.2) is 0 Å². The molecule has 0 bridgehead atoms. The van der Waals surface area contributed by atoms with E-state index < -0.39 is 0 Å². The summed E-state index contributed by atoms with van der Waals surface area (Å²) in [5.74, 6) is 0.817. The number of hydrogen-bond donors (Lipinski definition) is 0. The molecule has 2 heterocycles. The lowest BCUT2D eigenvalue weighted by Gasteiger charge is -2.33. The predicted octanol–water partition coefficient (Wildman–Crippen LogP) is 4.97. The second-order valence-electron chi connectivity index (χ2n) is 7.01. The Morgan fingerprint density at radius 1 is 0.733 bits per heavy atom. The molecule has 0 amide bonds. The first kappa shape index (κ1) is 22.6. The molecule has 0 unspecified atom stereocenters. The summed E-state index contributed by atoms with van der Waals surface area (Å²) in [6, 6.07) is 11.2. The fraction of sp³-hybridized carbons (Fsp3) is 0.364. The van der Waals surface area contributed by atoms with Gasteiger partial charge in [-0.2, -0.15) is 0 Å². The third-order valence-corrected chi connectivity index (χ3v) is 6.57. The Balaban J connectivity index is 0.000000171. The fourth-order valence-electron chi connectivity index (χ4n) is 3.42. The Labute approximate surface area is 192 Å². The molecule has 0 saturated carbocycles. The van der Waals surface area contributed by atoms with Gasteiger partial charge in [-0.15, -0.1) is 0 Å². The quantitative estimate of drug-likeness (QED) is 0.509. The number of carbonyl (C=O) groups is 2. The first-order chi connectivity index (χ1) is 14.3. The number of rotatable bonds is 4. The molecule has 2 saturated heterocycles. The monoisotopic (exact) mass is 540 g/mol. The fourth-order valence-corrected chi connectivity index (χ4v) is 4.41. The molecule has 2 aromatic rings. The van der Waals surface area contributed by atoms with Crippen molar-refractivity contribution in [2.75, 3.05) is 14.2 Å². The van der Waals surface area contributed by atoms with E-state index in [0.717, 1.165) is 31.6 Å². The van der Waals surface area contributed by atoms with Crippen LogP contribution < -0.4 is 9.47 Å². The summed E-state index contributed by atoms with van der Waals surface area (Å²) >= 11 is 6.85.